The normalized spacial score (nSPS) is 21.2. The first-order chi connectivity index (χ1) is 15.6. The van der Waals surface area contributed by atoms with Crippen LogP contribution in [0.2, 0.25) is 0 Å². The third kappa shape index (κ3) is 3.39. The molecular formula is C24H26N4O4. The fourth-order valence-corrected chi connectivity index (χ4v) is 5.31. The molecule has 0 bridgehead atoms. The lowest BCUT2D eigenvalue weighted by atomic mass is 9.92. The van der Waals surface area contributed by atoms with Crippen LogP contribution in [0.1, 0.15) is 42.5 Å². The zero-order chi connectivity index (χ0) is 22.2. The number of carbonyl (C=O) groups excluding carboxylic acids is 4. The molecule has 2 aromatic carbocycles. The Balaban J connectivity index is 1.43. The lowest BCUT2D eigenvalue weighted by Crippen LogP contribution is -2.53. The van der Waals surface area contributed by atoms with Crippen LogP contribution >= 0.6 is 0 Å². The van der Waals surface area contributed by atoms with Crippen LogP contribution in [0.25, 0.3) is 10.8 Å². The Morgan fingerprint density at radius 1 is 1.03 bits per heavy atom. The van der Waals surface area contributed by atoms with Crippen LogP contribution in [0.3, 0.4) is 0 Å². The van der Waals surface area contributed by atoms with Crippen molar-refractivity contribution in [2.45, 2.75) is 38.1 Å². The quantitative estimate of drug-likeness (QED) is 0.411. The molecule has 0 saturated carbocycles. The third-order valence-corrected chi connectivity index (χ3v) is 6.96. The van der Waals surface area contributed by atoms with Gasteiger partial charge in [-0.3, -0.25) is 29.4 Å². The molecule has 4 amide bonds. The number of nitrogens with zero attached hydrogens (tertiary/aromatic N) is 2. The summed E-state index contributed by atoms with van der Waals surface area (Å²) in [7, 11) is 0. The minimum atomic E-state index is -0.669. The lowest BCUT2D eigenvalue weighted by molar-refractivity contribution is -0.134. The second-order valence-corrected chi connectivity index (χ2v) is 8.77. The zero-order valence-electron chi connectivity index (χ0n) is 17.8. The highest BCUT2D eigenvalue weighted by Crippen LogP contribution is 2.44. The second-order valence-electron chi connectivity index (χ2n) is 8.77. The van der Waals surface area contributed by atoms with Gasteiger partial charge >= 0.3 is 0 Å². The number of hydrogen-bond donors (Lipinski definition) is 2. The van der Waals surface area contributed by atoms with E-state index >= 15 is 0 Å². The summed E-state index contributed by atoms with van der Waals surface area (Å²) >= 11 is 0. The number of amides is 4. The molecule has 1 atom stereocenters. The number of anilines is 2. The molecule has 166 valence electrons. The molecule has 0 radical (unpaired) electrons. The SMILES string of the molecule is O=CNCCC1CCN(c2ccc3c4c(cccc24)C(=O)N3C2CCC(=O)NC2=O)CC1. The van der Waals surface area contributed by atoms with Crippen molar-refractivity contribution in [3.63, 3.8) is 0 Å². The van der Waals surface area contributed by atoms with Gasteiger partial charge in [-0.05, 0) is 49.8 Å². The molecule has 3 aliphatic rings. The molecule has 8 nitrogen and oxygen atoms in total. The number of hydrogen-bond acceptors (Lipinski definition) is 5. The highest BCUT2D eigenvalue weighted by molar-refractivity contribution is 6.28. The van der Waals surface area contributed by atoms with E-state index in [4.69, 9.17) is 0 Å². The van der Waals surface area contributed by atoms with Gasteiger partial charge in [-0.25, -0.2) is 0 Å². The van der Waals surface area contributed by atoms with Crippen molar-refractivity contribution in [2.75, 3.05) is 29.4 Å². The van der Waals surface area contributed by atoms with Gasteiger partial charge in [-0.1, -0.05) is 12.1 Å². The molecule has 5 rings (SSSR count). The smallest absolute Gasteiger partial charge is 0.259 e. The Morgan fingerprint density at radius 3 is 2.56 bits per heavy atom. The number of carbonyl (C=O) groups is 4. The molecule has 1 unspecified atom stereocenters. The largest absolute Gasteiger partial charge is 0.371 e. The van der Waals surface area contributed by atoms with Crippen LogP contribution in [0, 0.1) is 5.92 Å². The maximum Gasteiger partial charge on any atom is 0.259 e. The van der Waals surface area contributed by atoms with E-state index in [1.807, 2.05) is 30.3 Å². The summed E-state index contributed by atoms with van der Waals surface area (Å²) in [5, 5.41) is 7.02. The molecule has 0 aromatic heterocycles. The summed E-state index contributed by atoms with van der Waals surface area (Å²) in [6.45, 7) is 2.57. The summed E-state index contributed by atoms with van der Waals surface area (Å²) < 4.78 is 0. The molecule has 3 aliphatic heterocycles. The predicted octanol–water partition coefficient (Wildman–Crippen LogP) is 1.96. The monoisotopic (exact) mass is 434 g/mol. The molecule has 2 N–H and O–H groups in total. The van der Waals surface area contributed by atoms with E-state index in [0.29, 0.717) is 24.4 Å². The van der Waals surface area contributed by atoms with Crippen molar-refractivity contribution in [3.8, 4) is 0 Å². The third-order valence-electron chi connectivity index (χ3n) is 6.96. The molecule has 2 saturated heterocycles. The average molecular weight is 434 g/mol. The summed E-state index contributed by atoms with van der Waals surface area (Å²) in [6.07, 6.45) is 4.43. The van der Waals surface area contributed by atoms with Gasteiger partial charge in [0, 0.05) is 48.1 Å². The zero-order valence-corrected chi connectivity index (χ0v) is 17.8. The van der Waals surface area contributed by atoms with E-state index in [1.165, 1.54) is 0 Å². The van der Waals surface area contributed by atoms with Crippen LogP contribution in [0.4, 0.5) is 11.4 Å². The van der Waals surface area contributed by atoms with E-state index in [9.17, 15) is 19.2 Å². The molecule has 0 aliphatic carbocycles. The van der Waals surface area contributed by atoms with Crippen LogP contribution in [0.5, 0.6) is 0 Å². The van der Waals surface area contributed by atoms with Crippen molar-refractivity contribution in [1.29, 1.82) is 0 Å². The van der Waals surface area contributed by atoms with Gasteiger partial charge in [-0.2, -0.15) is 0 Å². The Bertz CT molecular complexity index is 1110. The Kier molecular flexibility index (Phi) is 5.28. The first-order valence-corrected chi connectivity index (χ1v) is 11.2. The molecule has 2 aromatic rings. The first-order valence-electron chi connectivity index (χ1n) is 11.2. The van der Waals surface area contributed by atoms with Gasteiger partial charge in [0.2, 0.25) is 18.2 Å². The summed E-state index contributed by atoms with van der Waals surface area (Å²) in [6, 6.07) is 9.07. The summed E-state index contributed by atoms with van der Waals surface area (Å²) in [5.41, 5.74) is 2.46. The van der Waals surface area contributed by atoms with Crippen LogP contribution in [0.15, 0.2) is 30.3 Å². The average Bonchev–Trinajstić information content (AvgIpc) is 3.08. The van der Waals surface area contributed by atoms with E-state index < -0.39 is 11.9 Å². The fraction of sp³-hybridized carbons (Fsp3) is 0.417. The van der Waals surface area contributed by atoms with Crippen LogP contribution in [-0.2, 0) is 14.4 Å². The van der Waals surface area contributed by atoms with E-state index in [0.717, 1.165) is 60.9 Å². The number of rotatable bonds is 6. The van der Waals surface area contributed by atoms with E-state index in [2.05, 4.69) is 15.5 Å². The number of benzene rings is 2. The molecule has 2 fully saturated rings. The minimum absolute atomic E-state index is 0.182. The minimum Gasteiger partial charge on any atom is -0.371 e. The Hall–Kier alpha value is -3.42. The predicted molar refractivity (Wildman–Crippen MR) is 121 cm³/mol. The Morgan fingerprint density at radius 2 is 1.81 bits per heavy atom. The highest BCUT2D eigenvalue weighted by Gasteiger charge is 2.41. The van der Waals surface area contributed by atoms with Crippen molar-refractivity contribution in [3.05, 3.63) is 35.9 Å². The fourth-order valence-electron chi connectivity index (χ4n) is 5.31. The van der Waals surface area contributed by atoms with Crippen LogP contribution in [-0.4, -0.2) is 49.8 Å². The topological polar surface area (TPSA) is 98.8 Å². The number of imide groups is 1. The van der Waals surface area contributed by atoms with Crippen molar-refractivity contribution in [1.82, 2.24) is 10.6 Å². The van der Waals surface area contributed by atoms with Crippen LogP contribution < -0.4 is 20.4 Å². The van der Waals surface area contributed by atoms with Gasteiger partial charge in [0.1, 0.15) is 6.04 Å². The maximum absolute atomic E-state index is 13.3. The highest BCUT2D eigenvalue weighted by atomic mass is 16.2. The van der Waals surface area contributed by atoms with Gasteiger partial charge in [0.25, 0.3) is 5.91 Å². The molecule has 8 heteroatoms. The molecular weight excluding hydrogens is 408 g/mol. The maximum atomic E-state index is 13.3. The second kappa shape index (κ2) is 8.26. The summed E-state index contributed by atoms with van der Waals surface area (Å²) in [5.74, 6) is -0.286. The van der Waals surface area contributed by atoms with Gasteiger partial charge in [0.15, 0.2) is 0 Å². The van der Waals surface area contributed by atoms with Gasteiger partial charge in [0.05, 0.1) is 5.69 Å². The number of piperidine rings is 2. The van der Waals surface area contributed by atoms with Crippen molar-refractivity contribution >= 4 is 46.3 Å². The van der Waals surface area contributed by atoms with E-state index in [-0.39, 0.29) is 18.2 Å². The Labute approximate surface area is 185 Å². The number of nitrogens with one attached hydrogen (secondary N) is 2. The molecule has 0 spiro atoms. The first kappa shape index (κ1) is 20.5. The standard InChI is InChI=1S/C24H26N4O4/c29-14-25-11-8-15-9-12-27(13-10-15)18-4-5-19-22-16(18)2-1-3-17(22)24(32)28(19)20-6-7-21(30)26-23(20)31/h1-5,14-15,20H,6-13H2,(H,25,29)(H,26,30,31). The van der Waals surface area contributed by atoms with Gasteiger partial charge < -0.3 is 10.2 Å². The molecule has 32 heavy (non-hydrogen) atoms. The lowest BCUT2D eigenvalue weighted by Gasteiger charge is -2.35. The van der Waals surface area contributed by atoms with Crippen molar-refractivity contribution < 1.29 is 19.2 Å². The summed E-state index contributed by atoms with van der Waals surface area (Å²) in [4.78, 5) is 51.7. The van der Waals surface area contributed by atoms with Crippen molar-refractivity contribution in [2.24, 2.45) is 5.92 Å². The van der Waals surface area contributed by atoms with E-state index in [1.54, 1.807) is 4.90 Å². The van der Waals surface area contributed by atoms with Gasteiger partial charge in [-0.15, -0.1) is 0 Å². The molecule has 3 heterocycles.